The molecule has 0 spiro atoms. The maximum absolute atomic E-state index is 6.21. The van der Waals surface area contributed by atoms with Crippen LogP contribution in [0.1, 0.15) is 36.2 Å². The van der Waals surface area contributed by atoms with Gasteiger partial charge in [-0.15, -0.1) is 0 Å². The third-order valence-corrected chi connectivity index (χ3v) is 3.97. The Labute approximate surface area is 125 Å². The molecule has 1 heterocycles. The van der Waals surface area contributed by atoms with Crippen molar-refractivity contribution >= 4 is 0 Å². The van der Waals surface area contributed by atoms with Crippen LogP contribution in [0.5, 0.6) is 11.5 Å². The maximum atomic E-state index is 6.21. The van der Waals surface area contributed by atoms with Crippen molar-refractivity contribution in [2.45, 2.75) is 25.0 Å². The van der Waals surface area contributed by atoms with E-state index in [4.69, 9.17) is 14.2 Å². The summed E-state index contributed by atoms with van der Waals surface area (Å²) in [6, 6.07) is 16.4. The predicted octanol–water partition coefficient (Wildman–Crippen LogP) is 4.30. The molecule has 0 bridgehead atoms. The van der Waals surface area contributed by atoms with E-state index in [0.29, 0.717) is 0 Å². The maximum Gasteiger partial charge on any atom is 0.161 e. The van der Waals surface area contributed by atoms with Gasteiger partial charge < -0.3 is 14.2 Å². The molecule has 0 N–H and O–H groups in total. The van der Waals surface area contributed by atoms with Crippen LogP contribution in [0.2, 0.25) is 0 Å². The van der Waals surface area contributed by atoms with Gasteiger partial charge in [-0.25, -0.2) is 0 Å². The SMILES string of the molecule is COc1ccc(C2CCC(c3ccccc3)O2)cc1OC. The Kier molecular flexibility index (Phi) is 4.11. The number of hydrogen-bond acceptors (Lipinski definition) is 3. The van der Waals surface area contributed by atoms with Crippen molar-refractivity contribution in [2.75, 3.05) is 14.2 Å². The normalized spacial score (nSPS) is 21.2. The van der Waals surface area contributed by atoms with Crippen molar-refractivity contribution in [1.82, 2.24) is 0 Å². The summed E-state index contributed by atoms with van der Waals surface area (Å²) >= 11 is 0. The lowest BCUT2D eigenvalue weighted by atomic mass is 10.0. The Morgan fingerprint density at radius 1 is 0.810 bits per heavy atom. The van der Waals surface area contributed by atoms with Crippen LogP contribution in [0.3, 0.4) is 0 Å². The van der Waals surface area contributed by atoms with Crippen LogP contribution in [0.15, 0.2) is 48.5 Å². The summed E-state index contributed by atoms with van der Waals surface area (Å²) in [5, 5.41) is 0. The van der Waals surface area contributed by atoms with E-state index >= 15 is 0 Å². The van der Waals surface area contributed by atoms with E-state index in [1.807, 2.05) is 18.2 Å². The van der Waals surface area contributed by atoms with Gasteiger partial charge in [0.05, 0.1) is 26.4 Å². The Morgan fingerprint density at radius 2 is 1.48 bits per heavy atom. The van der Waals surface area contributed by atoms with Crippen molar-refractivity contribution in [2.24, 2.45) is 0 Å². The zero-order chi connectivity index (χ0) is 14.7. The third-order valence-electron chi connectivity index (χ3n) is 3.97. The van der Waals surface area contributed by atoms with Crippen LogP contribution in [0.4, 0.5) is 0 Å². The second-order valence-corrected chi connectivity index (χ2v) is 5.22. The second kappa shape index (κ2) is 6.19. The summed E-state index contributed by atoms with van der Waals surface area (Å²) in [5.74, 6) is 1.50. The number of ether oxygens (including phenoxy) is 3. The van der Waals surface area contributed by atoms with Crippen molar-refractivity contribution in [3.8, 4) is 11.5 Å². The molecule has 0 aliphatic carbocycles. The minimum absolute atomic E-state index is 0.120. The Balaban J connectivity index is 1.77. The van der Waals surface area contributed by atoms with Gasteiger partial charge in [-0.2, -0.15) is 0 Å². The molecule has 3 nitrogen and oxygen atoms in total. The number of benzene rings is 2. The van der Waals surface area contributed by atoms with Crippen LogP contribution >= 0.6 is 0 Å². The molecular formula is C18H20O3. The van der Waals surface area contributed by atoms with Gasteiger partial charge in [0.1, 0.15) is 0 Å². The summed E-state index contributed by atoms with van der Waals surface area (Å²) in [7, 11) is 3.30. The molecule has 0 amide bonds. The zero-order valence-electron chi connectivity index (χ0n) is 12.4. The van der Waals surface area contributed by atoms with E-state index in [2.05, 4.69) is 30.3 Å². The fraction of sp³-hybridized carbons (Fsp3) is 0.333. The van der Waals surface area contributed by atoms with Crippen molar-refractivity contribution in [3.63, 3.8) is 0 Å². The molecule has 3 rings (SSSR count). The van der Waals surface area contributed by atoms with Gasteiger partial charge in [-0.1, -0.05) is 36.4 Å². The summed E-state index contributed by atoms with van der Waals surface area (Å²) in [4.78, 5) is 0. The molecule has 1 aliphatic heterocycles. The molecule has 21 heavy (non-hydrogen) atoms. The monoisotopic (exact) mass is 284 g/mol. The van der Waals surface area contributed by atoms with Gasteiger partial charge in [0.15, 0.2) is 11.5 Å². The molecule has 110 valence electrons. The Morgan fingerprint density at radius 3 is 2.14 bits per heavy atom. The Hall–Kier alpha value is -2.00. The number of methoxy groups -OCH3 is 2. The lowest BCUT2D eigenvalue weighted by Gasteiger charge is -2.16. The molecule has 1 aliphatic rings. The molecule has 2 aromatic rings. The predicted molar refractivity (Wildman–Crippen MR) is 81.8 cm³/mol. The first-order valence-electron chi connectivity index (χ1n) is 7.24. The van der Waals surface area contributed by atoms with E-state index in [-0.39, 0.29) is 12.2 Å². The van der Waals surface area contributed by atoms with Gasteiger partial charge in [-0.3, -0.25) is 0 Å². The molecule has 0 saturated carbocycles. The quantitative estimate of drug-likeness (QED) is 0.838. The van der Waals surface area contributed by atoms with E-state index < -0.39 is 0 Å². The highest BCUT2D eigenvalue weighted by atomic mass is 16.5. The fourth-order valence-corrected chi connectivity index (χ4v) is 2.85. The largest absolute Gasteiger partial charge is 0.493 e. The average molecular weight is 284 g/mol. The highest BCUT2D eigenvalue weighted by Gasteiger charge is 2.28. The van der Waals surface area contributed by atoms with Crippen LogP contribution in [-0.4, -0.2) is 14.2 Å². The van der Waals surface area contributed by atoms with Crippen LogP contribution < -0.4 is 9.47 Å². The average Bonchev–Trinajstić information content (AvgIpc) is 3.05. The molecule has 2 unspecified atom stereocenters. The minimum Gasteiger partial charge on any atom is -0.493 e. The minimum atomic E-state index is 0.120. The highest BCUT2D eigenvalue weighted by Crippen LogP contribution is 2.42. The molecule has 1 fully saturated rings. The molecule has 3 heteroatoms. The number of rotatable bonds is 4. The van der Waals surface area contributed by atoms with Crippen LogP contribution in [-0.2, 0) is 4.74 Å². The van der Waals surface area contributed by atoms with Crippen molar-refractivity contribution in [3.05, 3.63) is 59.7 Å². The van der Waals surface area contributed by atoms with E-state index in [9.17, 15) is 0 Å². The second-order valence-electron chi connectivity index (χ2n) is 5.22. The number of hydrogen-bond donors (Lipinski definition) is 0. The van der Waals surface area contributed by atoms with E-state index in [1.165, 1.54) is 5.56 Å². The molecular weight excluding hydrogens is 264 g/mol. The molecule has 1 saturated heterocycles. The summed E-state index contributed by atoms with van der Waals surface area (Å²) in [6.45, 7) is 0. The molecule has 0 radical (unpaired) electrons. The molecule has 2 aromatic carbocycles. The topological polar surface area (TPSA) is 27.7 Å². The van der Waals surface area contributed by atoms with E-state index in [0.717, 1.165) is 29.9 Å². The van der Waals surface area contributed by atoms with Gasteiger partial charge in [0.25, 0.3) is 0 Å². The third kappa shape index (κ3) is 2.88. The smallest absolute Gasteiger partial charge is 0.161 e. The van der Waals surface area contributed by atoms with Crippen LogP contribution in [0.25, 0.3) is 0 Å². The first-order chi connectivity index (χ1) is 10.3. The summed E-state index contributed by atoms with van der Waals surface area (Å²) in [6.07, 6.45) is 2.37. The molecule has 0 aromatic heterocycles. The lowest BCUT2D eigenvalue weighted by molar-refractivity contribution is 0.0439. The van der Waals surface area contributed by atoms with Gasteiger partial charge in [0.2, 0.25) is 0 Å². The summed E-state index contributed by atoms with van der Waals surface area (Å²) < 4.78 is 16.9. The van der Waals surface area contributed by atoms with Crippen LogP contribution in [0, 0.1) is 0 Å². The Bertz CT molecular complexity index is 595. The lowest BCUT2D eigenvalue weighted by Crippen LogP contribution is -2.00. The zero-order valence-corrected chi connectivity index (χ0v) is 12.4. The van der Waals surface area contributed by atoms with Gasteiger partial charge >= 0.3 is 0 Å². The summed E-state index contributed by atoms with van der Waals surface area (Å²) in [5.41, 5.74) is 2.39. The molecule has 2 atom stereocenters. The van der Waals surface area contributed by atoms with E-state index in [1.54, 1.807) is 14.2 Å². The standard InChI is InChI=1S/C18H20O3/c1-19-17-9-8-14(12-18(17)20-2)16-11-10-15(21-16)13-6-4-3-5-7-13/h3-9,12,15-16H,10-11H2,1-2H3. The van der Waals surface area contributed by atoms with Gasteiger partial charge in [-0.05, 0) is 36.1 Å². The first kappa shape index (κ1) is 14.0. The fourth-order valence-electron chi connectivity index (χ4n) is 2.85. The van der Waals surface area contributed by atoms with Crippen molar-refractivity contribution in [1.29, 1.82) is 0 Å². The first-order valence-corrected chi connectivity index (χ1v) is 7.24. The highest BCUT2D eigenvalue weighted by molar-refractivity contribution is 5.43. The van der Waals surface area contributed by atoms with Crippen molar-refractivity contribution < 1.29 is 14.2 Å². The van der Waals surface area contributed by atoms with Gasteiger partial charge in [0, 0.05) is 0 Å².